The number of esters is 1. The summed E-state index contributed by atoms with van der Waals surface area (Å²) in [6.45, 7) is 5.30. The molecule has 1 N–H and O–H groups in total. The molecule has 7 nitrogen and oxygen atoms in total. The smallest absolute Gasteiger partial charge is 0.412 e. The van der Waals surface area contributed by atoms with Gasteiger partial charge in [-0.15, -0.1) is 0 Å². The van der Waals surface area contributed by atoms with E-state index in [9.17, 15) is 14.4 Å². The largest absolute Gasteiger partial charge is 0.444 e. The van der Waals surface area contributed by atoms with Crippen LogP contribution in [0.3, 0.4) is 0 Å². The van der Waals surface area contributed by atoms with Crippen molar-refractivity contribution in [2.45, 2.75) is 32.5 Å². The van der Waals surface area contributed by atoms with Gasteiger partial charge < -0.3 is 14.4 Å². The summed E-state index contributed by atoms with van der Waals surface area (Å²) in [5, 5.41) is 2.59. The Hall–Kier alpha value is -3.35. The molecule has 7 heteroatoms. The number of hydrogen-bond acceptors (Lipinski definition) is 5. The molecule has 29 heavy (non-hydrogen) atoms. The molecule has 0 aliphatic carbocycles. The number of nitrogens with one attached hydrogen (secondary N) is 1. The van der Waals surface area contributed by atoms with Gasteiger partial charge in [0.05, 0.1) is 5.56 Å². The topological polar surface area (TPSA) is 84.9 Å². The lowest BCUT2D eigenvalue weighted by atomic mass is 10.1. The van der Waals surface area contributed by atoms with Crippen LogP contribution < -0.4 is 5.32 Å². The number of rotatable bonds is 5. The lowest BCUT2D eigenvalue weighted by Crippen LogP contribution is -2.31. The number of nitrogens with zero attached hydrogens (tertiary/aromatic N) is 1. The first-order chi connectivity index (χ1) is 13.6. The van der Waals surface area contributed by atoms with E-state index in [1.807, 2.05) is 6.07 Å². The molecule has 0 unspecified atom stereocenters. The van der Waals surface area contributed by atoms with Crippen LogP contribution in [0.15, 0.2) is 54.6 Å². The highest BCUT2D eigenvalue weighted by molar-refractivity contribution is 5.93. The van der Waals surface area contributed by atoms with Crippen LogP contribution in [0.1, 0.15) is 42.8 Å². The summed E-state index contributed by atoms with van der Waals surface area (Å²) in [5.41, 5.74) is 0.703. The first-order valence-electron chi connectivity index (χ1n) is 9.14. The van der Waals surface area contributed by atoms with Gasteiger partial charge in [0.15, 0.2) is 0 Å². The van der Waals surface area contributed by atoms with Gasteiger partial charge in [0, 0.05) is 25.3 Å². The van der Waals surface area contributed by atoms with Crippen LogP contribution in [-0.2, 0) is 14.3 Å². The van der Waals surface area contributed by atoms with Crippen LogP contribution >= 0.6 is 0 Å². The van der Waals surface area contributed by atoms with Crippen LogP contribution in [0.2, 0.25) is 0 Å². The van der Waals surface area contributed by atoms with Gasteiger partial charge in [0.25, 0.3) is 5.91 Å². The van der Waals surface area contributed by atoms with Crippen LogP contribution in [0.4, 0.5) is 10.5 Å². The number of ether oxygens (including phenoxy) is 2. The van der Waals surface area contributed by atoms with Gasteiger partial charge in [-0.2, -0.15) is 0 Å². The number of likely N-dealkylation sites (N-methyl/N-ethyl adjacent to an activating group) is 1. The Balaban J connectivity index is 2.10. The fraction of sp³-hybridized carbons (Fsp3) is 0.318. The molecule has 2 amide bonds. The Kier molecular flexibility index (Phi) is 6.98. The van der Waals surface area contributed by atoms with Gasteiger partial charge in [0.1, 0.15) is 5.60 Å². The Bertz CT molecular complexity index is 855. The predicted octanol–water partition coefficient (Wildman–Crippen LogP) is 4.02. The van der Waals surface area contributed by atoms with Crippen molar-refractivity contribution in [3.05, 3.63) is 65.7 Å². The number of hydrogen-bond donors (Lipinski definition) is 1. The van der Waals surface area contributed by atoms with E-state index in [4.69, 9.17) is 9.47 Å². The minimum atomic E-state index is -1.04. The molecular formula is C22H26N2O5. The standard InChI is InChI=1S/C22H26N2O5/c1-22(2,3)29-21(27)23-17-13-11-16(12-14-17)20(26)28-18(19(25)24(4)5)15-9-7-6-8-10-15/h6-14,18H,1-5H3,(H,23,27)/t18-/m1/s1. The molecule has 2 rings (SSSR count). The number of anilines is 1. The van der Waals surface area contributed by atoms with Gasteiger partial charge in [-0.1, -0.05) is 30.3 Å². The molecule has 0 radical (unpaired) electrons. The van der Waals surface area contributed by atoms with Gasteiger partial charge in [-0.05, 0) is 45.0 Å². The third kappa shape index (κ3) is 6.64. The van der Waals surface area contributed by atoms with Crippen molar-refractivity contribution in [1.82, 2.24) is 4.90 Å². The summed E-state index contributed by atoms with van der Waals surface area (Å²) in [7, 11) is 3.20. The highest BCUT2D eigenvalue weighted by Crippen LogP contribution is 2.22. The minimum Gasteiger partial charge on any atom is -0.444 e. The monoisotopic (exact) mass is 398 g/mol. The Morgan fingerprint density at radius 1 is 0.931 bits per heavy atom. The van der Waals surface area contributed by atoms with Crippen molar-refractivity contribution in [1.29, 1.82) is 0 Å². The number of carbonyl (C=O) groups is 3. The van der Waals surface area contributed by atoms with Gasteiger partial charge in [-0.25, -0.2) is 9.59 Å². The van der Waals surface area contributed by atoms with E-state index in [2.05, 4.69) is 5.32 Å². The maximum atomic E-state index is 12.6. The van der Waals surface area contributed by atoms with Crippen molar-refractivity contribution in [2.75, 3.05) is 19.4 Å². The summed E-state index contributed by atoms with van der Waals surface area (Å²) in [6, 6.07) is 15.0. The molecule has 0 heterocycles. The van der Waals surface area contributed by atoms with E-state index in [1.165, 1.54) is 17.0 Å². The second-order valence-corrected chi connectivity index (χ2v) is 7.63. The van der Waals surface area contributed by atoms with Crippen LogP contribution in [-0.4, -0.2) is 42.6 Å². The molecule has 0 saturated carbocycles. The highest BCUT2D eigenvalue weighted by atomic mass is 16.6. The number of amides is 2. The zero-order valence-corrected chi connectivity index (χ0v) is 17.3. The zero-order valence-electron chi connectivity index (χ0n) is 17.3. The van der Waals surface area contributed by atoms with E-state index in [1.54, 1.807) is 71.3 Å². The lowest BCUT2D eigenvalue weighted by molar-refractivity contribution is -0.138. The molecule has 0 spiro atoms. The molecule has 0 fully saturated rings. The van der Waals surface area contributed by atoms with Crippen molar-refractivity contribution in [3.63, 3.8) is 0 Å². The van der Waals surface area contributed by atoms with Crippen molar-refractivity contribution in [2.24, 2.45) is 0 Å². The summed E-state index contributed by atoms with van der Waals surface area (Å²) in [4.78, 5) is 38.3. The van der Waals surface area contributed by atoms with E-state index < -0.39 is 23.8 Å². The Morgan fingerprint density at radius 2 is 1.52 bits per heavy atom. The van der Waals surface area contributed by atoms with Gasteiger partial charge >= 0.3 is 12.1 Å². The molecule has 0 bridgehead atoms. The minimum absolute atomic E-state index is 0.257. The Morgan fingerprint density at radius 3 is 2.03 bits per heavy atom. The van der Waals surface area contributed by atoms with E-state index >= 15 is 0 Å². The third-order valence-corrected chi connectivity index (χ3v) is 3.76. The first kappa shape index (κ1) is 21.9. The molecule has 1 atom stereocenters. The highest BCUT2D eigenvalue weighted by Gasteiger charge is 2.27. The molecule has 154 valence electrons. The second-order valence-electron chi connectivity index (χ2n) is 7.63. The SMILES string of the molecule is CN(C)C(=O)[C@H](OC(=O)c1ccc(NC(=O)OC(C)(C)C)cc1)c1ccccc1. The van der Waals surface area contributed by atoms with E-state index in [0.29, 0.717) is 11.3 Å². The predicted molar refractivity (Wildman–Crippen MR) is 110 cm³/mol. The van der Waals surface area contributed by atoms with Gasteiger partial charge in [0.2, 0.25) is 6.10 Å². The molecule has 0 aliphatic heterocycles. The van der Waals surface area contributed by atoms with Crippen molar-refractivity contribution >= 4 is 23.7 Å². The zero-order chi connectivity index (χ0) is 21.6. The molecule has 2 aromatic rings. The molecule has 2 aromatic carbocycles. The third-order valence-electron chi connectivity index (χ3n) is 3.76. The molecule has 0 aromatic heterocycles. The van der Waals surface area contributed by atoms with Crippen LogP contribution in [0.25, 0.3) is 0 Å². The van der Waals surface area contributed by atoms with E-state index in [0.717, 1.165) is 0 Å². The summed E-state index contributed by atoms with van der Waals surface area (Å²) < 4.78 is 10.7. The molecule has 0 aliphatic rings. The normalized spacial score (nSPS) is 11.9. The lowest BCUT2D eigenvalue weighted by Gasteiger charge is -2.21. The summed E-state index contributed by atoms with van der Waals surface area (Å²) in [5.74, 6) is -0.981. The average molecular weight is 398 g/mol. The number of benzene rings is 2. The Labute approximate surface area is 170 Å². The molecular weight excluding hydrogens is 372 g/mol. The van der Waals surface area contributed by atoms with Crippen molar-refractivity contribution in [3.8, 4) is 0 Å². The van der Waals surface area contributed by atoms with Crippen LogP contribution in [0, 0.1) is 0 Å². The summed E-state index contributed by atoms with van der Waals surface area (Å²) in [6.07, 6.45) is -1.63. The maximum Gasteiger partial charge on any atom is 0.412 e. The average Bonchev–Trinajstić information content (AvgIpc) is 2.65. The van der Waals surface area contributed by atoms with Crippen molar-refractivity contribution < 1.29 is 23.9 Å². The fourth-order valence-corrected chi connectivity index (χ4v) is 2.41. The fourth-order valence-electron chi connectivity index (χ4n) is 2.41. The quantitative estimate of drug-likeness (QED) is 0.769. The van der Waals surface area contributed by atoms with Crippen LogP contribution in [0.5, 0.6) is 0 Å². The van der Waals surface area contributed by atoms with E-state index in [-0.39, 0.29) is 11.5 Å². The summed E-state index contributed by atoms with van der Waals surface area (Å²) >= 11 is 0. The van der Waals surface area contributed by atoms with Gasteiger partial charge in [-0.3, -0.25) is 10.1 Å². The number of carbonyl (C=O) groups excluding carboxylic acids is 3. The second kappa shape index (κ2) is 9.23. The first-order valence-corrected chi connectivity index (χ1v) is 9.14. The maximum absolute atomic E-state index is 12.6. The molecule has 0 saturated heterocycles.